The Morgan fingerprint density at radius 1 is 1.06 bits per heavy atom. The Kier molecular flexibility index (Phi) is 8.02. The molecule has 0 saturated carbocycles. The monoisotopic (exact) mass is 280 g/mol. The number of nitrogens with one attached hydrogen (secondary N) is 1. The van der Waals surface area contributed by atoms with Gasteiger partial charge in [0.1, 0.15) is 0 Å². The molecule has 0 aliphatic heterocycles. The predicted octanol–water partition coefficient (Wildman–Crippen LogP) is 1.49. The van der Waals surface area contributed by atoms with Gasteiger partial charge in [0.25, 0.3) is 10.2 Å². The largest absolute Gasteiger partial charge is 0.394 e. The van der Waals surface area contributed by atoms with Crippen LogP contribution in [0.25, 0.3) is 0 Å². The molecule has 0 aromatic carbocycles. The third kappa shape index (κ3) is 4.84. The predicted molar refractivity (Wildman–Crippen MR) is 74.6 cm³/mol. The molecule has 0 aromatic rings. The molecule has 0 aliphatic carbocycles. The fraction of sp³-hybridized carbons (Fsp3) is 1.00. The van der Waals surface area contributed by atoms with Crippen LogP contribution in [0.5, 0.6) is 0 Å². The maximum atomic E-state index is 12.3. The summed E-state index contributed by atoms with van der Waals surface area (Å²) in [5, 5.41) is 9.44. The van der Waals surface area contributed by atoms with E-state index in [1.54, 1.807) is 0 Å². The average Bonchev–Trinajstić information content (AvgIpc) is 2.36. The van der Waals surface area contributed by atoms with Crippen molar-refractivity contribution in [3.05, 3.63) is 0 Å². The van der Waals surface area contributed by atoms with Crippen molar-refractivity contribution in [1.82, 2.24) is 9.03 Å². The molecule has 0 heterocycles. The molecule has 0 radical (unpaired) electrons. The zero-order valence-electron chi connectivity index (χ0n) is 12.1. The first-order valence-corrected chi connectivity index (χ1v) is 8.25. The number of nitrogens with zero attached hydrogens (tertiary/aromatic N) is 1. The minimum atomic E-state index is -3.52. The van der Waals surface area contributed by atoms with Crippen LogP contribution >= 0.6 is 0 Å². The number of aliphatic hydroxyl groups is 1. The maximum Gasteiger partial charge on any atom is 0.280 e. The van der Waals surface area contributed by atoms with Crippen LogP contribution in [0, 0.1) is 0 Å². The molecule has 110 valence electrons. The zero-order valence-corrected chi connectivity index (χ0v) is 12.9. The number of aliphatic hydroxyl groups excluding tert-OH is 1. The molecule has 0 spiro atoms. The van der Waals surface area contributed by atoms with Crippen molar-refractivity contribution in [2.75, 3.05) is 19.7 Å². The maximum absolute atomic E-state index is 12.3. The van der Waals surface area contributed by atoms with Gasteiger partial charge in [-0.3, -0.25) is 0 Å². The molecule has 0 aliphatic rings. The topological polar surface area (TPSA) is 69.6 Å². The quantitative estimate of drug-likeness (QED) is 0.637. The molecule has 0 atom stereocenters. The standard InChI is InChI=1S/C12H28N2O3S/c1-5-9-14(10-6-2)18(16,17)13-12(7-3,8-4)11-15/h13,15H,5-11H2,1-4H3. The van der Waals surface area contributed by atoms with E-state index in [0.29, 0.717) is 25.9 Å². The lowest BCUT2D eigenvalue weighted by molar-refractivity contribution is 0.169. The third-order valence-electron chi connectivity index (χ3n) is 3.29. The van der Waals surface area contributed by atoms with Gasteiger partial charge in [0.15, 0.2) is 0 Å². The van der Waals surface area contributed by atoms with E-state index >= 15 is 0 Å². The smallest absolute Gasteiger partial charge is 0.280 e. The number of hydrogen-bond acceptors (Lipinski definition) is 3. The summed E-state index contributed by atoms with van der Waals surface area (Å²) in [6.45, 7) is 8.52. The molecular weight excluding hydrogens is 252 g/mol. The van der Waals surface area contributed by atoms with Crippen molar-refractivity contribution >= 4 is 10.2 Å². The van der Waals surface area contributed by atoms with Crippen molar-refractivity contribution in [2.45, 2.75) is 58.9 Å². The van der Waals surface area contributed by atoms with Crippen LogP contribution in [0.15, 0.2) is 0 Å². The summed E-state index contributed by atoms with van der Waals surface area (Å²) in [4.78, 5) is 0. The highest BCUT2D eigenvalue weighted by Gasteiger charge is 2.33. The average molecular weight is 280 g/mol. The van der Waals surface area contributed by atoms with Crippen molar-refractivity contribution in [3.8, 4) is 0 Å². The lowest BCUT2D eigenvalue weighted by Crippen LogP contribution is -2.55. The summed E-state index contributed by atoms with van der Waals surface area (Å²) in [5.41, 5.74) is -0.738. The number of rotatable bonds is 10. The Labute approximate surface area is 112 Å². The van der Waals surface area contributed by atoms with E-state index in [0.717, 1.165) is 12.8 Å². The van der Waals surface area contributed by atoms with Crippen LogP contribution in [0.1, 0.15) is 53.4 Å². The molecule has 0 amide bonds. The Morgan fingerprint density at radius 2 is 1.50 bits per heavy atom. The van der Waals surface area contributed by atoms with Gasteiger partial charge in [-0.15, -0.1) is 0 Å². The fourth-order valence-corrected chi connectivity index (χ4v) is 3.71. The molecular formula is C12H28N2O3S. The normalized spacial score (nSPS) is 13.2. The molecule has 5 nitrogen and oxygen atoms in total. The first-order chi connectivity index (χ1) is 8.41. The second kappa shape index (κ2) is 8.09. The van der Waals surface area contributed by atoms with Gasteiger partial charge in [-0.05, 0) is 25.7 Å². The van der Waals surface area contributed by atoms with E-state index in [4.69, 9.17) is 0 Å². The van der Waals surface area contributed by atoms with E-state index in [2.05, 4.69) is 4.72 Å². The summed E-state index contributed by atoms with van der Waals surface area (Å²) in [6, 6.07) is 0. The lowest BCUT2D eigenvalue weighted by Gasteiger charge is -2.33. The van der Waals surface area contributed by atoms with Crippen molar-refractivity contribution < 1.29 is 13.5 Å². The van der Waals surface area contributed by atoms with E-state index in [1.807, 2.05) is 27.7 Å². The Bertz CT molecular complexity index is 299. The highest BCUT2D eigenvalue weighted by molar-refractivity contribution is 7.87. The summed E-state index contributed by atoms with van der Waals surface area (Å²) < 4.78 is 28.7. The molecule has 0 rings (SSSR count). The van der Waals surface area contributed by atoms with Gasteiger partial charge < -0.3 is 5.11 Å². The fourth-order valence-electron chi connectivity index (χ4n) is 1.84. The Balaban J connectivity index is 4.99. The summed E-state index contributed by atoms with van der Waals surface area (Å²) in [5.74, 6) is 0. The van der Waals surface area contributed by atoms with Crippen LogP contribution in [-0.2, 0) is 10.2 Å². The van der Waals surface area contributed by atoms with E-state index in [-0.39, 0.29) is 6.61 Å². The molecule has 0 unspecified atom stereocenters. The second-order valence-corrected chi connectivity index (χ2v) is 6.32. The molecule has 0 saturated heterocycles. The summed E-state index contributed by atoms with van der Waals surface area (Å²) in [6.07, 6.45) is 2.72. The van der Waals surface area contributed by atoms with Gasteiger partial charge in [0.05, 0.1) is 12.1 Å². The molecule has 0 aromatic heterocycles. The van der Waals surface area contributed by atoms with Crippen LogP contribution in [-0.4, -0.2) is 43.1 Å². The molecule has 0 fully saturated rings. The van der Waals surface area contributed by atoms with Crippen molar-refractivity contribution in [1.29, 1.82) is 0 Å². The van der Waals surface area contributed by atoms with Gasteiger partial charge >= 0.3 is 0 Å². The molecule has 6 heteroatoms. The van der Waals surface area contributed by atoms with Gasteiger partial charge in [0, 0.05) is 13.1 Å². The van der Waals surface area contributed by atoms with Crippen molar-refractivity contribution in [2.24, 2.45) is 0 Å². The van der Waals surface area contributed by atoms with E-state index < -0.39 is 15.7 Å². The van der Waals surface area contributed by atoms with E-state index in [9.17, 15) is 13.5 Å². The Morgan fingerprint density at radius 3 is 1.78 bits per heavy atom. The van der Waals surface area contributed by atoms with Crippen LogP contribution in [0.2, 0.25) is 0 Å². The van der Waals surface area contributed by atoms with Gasteiger partial charge in [0.2, 0.25) is 0 Å². The van der Waals surface area contributed by atoms with Crippen LogP contribution < -0.4 is 4.72 Å². The van der Waals surface area contributed by atoms with Gasteiger partial charge in [-0.2, -0.15) is 17.4 Å². The van der Waals surface area contributed by atoms with Crippen LogP contribution in [0.3, 0.4) is 0 Å². The van der Waals surface area contributed by atoms with Gasteiger partial charge in [-0.25, -0.2) is 0 Å². The molecule has 2 N–H and O–H groups in total. The lowest BCUT2D eigenvalue weighted by atomic mass is 9.96. The third-order valence-corrected chi connectivity index (χ3v) is 5.02. The van der Waals surface area contributed by atoms with Gasteiger partial charge in [-0.1, -0.05) is 27.7 Å². The SMILES string of the molecule is CCCN(CCC)S(=O)(=O)NC(CC)(CC)CO. The zero-order chi connectivity index (χ0) is 14.2. The van der Waals surface area contributed by atoms with Crippen molar-refractivity contribution in [3.63, 3.8) is 0 Å². The number of hydrogen-bond donors (Lipinski definition) is 2. The van der Waals surface area contributed by atoms with Crippen LogP contribution in [0.4, 0.5) is 0 Å². The molecule has 18 heavy (non-hydrogen) atoms. The highest BCUT2D eigenvalue weighted by Crippen LogP contribution is 2.17. The molecule has 0 bridgehead atoms. The Hall–Kier alpha value is -0.170. The second-order valence-electron chi connectivity index (χ2n) is 4.65. The highest BCUT2D eigenvalue weighted by atomic mass is 32.2. The minimum absolute atomic E-state index is 0.175. The minimum Gasteiger partial charge on any atom is -0.394 e. The summed E-state index contributed by atoms with van der Waals surface area (Å²) >= 11 is 0. The first kappa shape index (κ1) is 17.8. The first-order valence-electron chi connectivity index (χ1n) is 6.81. The summed E-state index contributed by atoms with van der Waals surface area (Å²) in [7, 11) is -3.52. The van der Waals surface area contributed by atoms with E-state index in [1.165, 1.54) is 4.31 Å².